The first kappa shape index (κ1) is 29.8. The van der Waals surface area contributed by atoms with Crippen molar-refractivity contribution in [2.45, 2.75) is 51.7 Å². The van der Waals surface area contributed by atoms with Crippen molar-refractivity contribution in [3.63, 3.8) is 0 Å². The number of benzene rings is 2. The molecular weight excluding hydrogens is 572 g/mol. The molecule has 1 N–H and O–H groups in total. The second kappa shape index (κ2) is 12.3. The number of nitrogens with zero attached hydrogens (tertiary/aromatic N) is 3. The SMILES string of the molecule is C/C1=N/OCC[C@H](C)N2C[C@H]([C@H]1F)n1cc(C(=O)NCc3c(F)cc(F)cc3F)c(=O)c(OCc3ccccc3)c1C2=O. The second-order valence-electron chi connectivity index (χ2n) is 10.4. The summed E-state index contributed by atoms with van der Waals surface area (Å²) in [5.41, 5.74) is -1.76. The smallest absolute Gasteiger partial charge is 0.274 e. The van der Waals surface area contributed by atoms with Crippen molar-refractivity contribution in [3.05, 3.63) is 98.7 Å². The fraction of sp³-hybridized carbons (Fsp3) is 0.333. The molecule has 0 aliphatic carbocycles. The van der Waals surface area contributed by atoms with Crippen LogP contribution in [0.25, 0.3) is 0 Å². The molecule has 0 saturated carbocycles. The van der Waals surface area contributed by atoms with Crippen LogP contribution in [-0.4, -0.2) is 52.4 Å². The highest BCUT2D eigenvalue weighted by atomic mass is 19.1. The largest absolute Gasteiger partial charge is 0.483 e. The Kier molecular flexibility index (Phi) is 8.51. The van der Waals surface area contributed by atoms with Gasteiger partial charge in [0.1, 0.15) is 36.2 Å². The summed E-state index contributed by atoms with van der Waals surface area (Å²) in [6.07, 6.45) is -0.368. The maximum absolute atomic E-state index is 15.9. The number of alkyl halides is 1. The van der Waals surface area contributed by atoms with Gasteiger partial charge in [0.2, 0.25) is 5.43 Å². The van der Waals surface area contributed by atoms with Crippen LogP contribution in [0.3, 0.4) is 0 Å². The molecule has 5 rings (SSSR count). The van der Waals surface area contributed by atoms with E-state index in [1.165, 1.54) is 16.4 Å². The normalized spacial score (nSPS) is 21.3. The van der Waals surface area contributed by atoms with Crippen LogP contribution in [0.15, 0.2) is 58.6 Å². The van der Waals surface area contributed by atoms with Gasteiger partial charge in [-0.3, -0.25) is 14.4 Å². The number of rotatable bonds is 6. The minimum atomic E-state index is -1.79. The number of ether oxygens (including phenoxy) is 1. The van der Waals surface area contributed by atoms with Crippen molar-refractivity contribution in [1.29, 1.82) is 0 Å². The predicted octanol–water partition coefficient (Wildman–Crippen LogP) is 4.29. The van der Waals surface area contributed by atoms with Crippen molar-refractivity contribution in [2.24, 2.45) is 5.16 Å². The van der Waals surface area contributed by atoms with E-state index in [0.29, 0.717) is 24.1 Å². The number of fused-ring (bicyclic) bond motifs is 4. The fourth-order valence-electron chi connectivity index (χ4n) is 5.09. The van der Waals surface area contributed by atoms with Crippen molar-refractivity contribution in [3.8, 4) is 5.75 Å². The van der Waals surface area contributed by atoms with Gasteiger partial charge in [-0.1, -0.05) is 35.5 Å². The maximum Gasteiger partial charge on any atom is 0.274 e. The van der Waals surface area contributed by atoms with Gasteiger partial charge in [0.25, 0.3) is 11.8 Å². The molecule has 0 unspecified atom stereocenters. The molecule has 3 atom stereocenters. The monoisotopic (exact) mass is 600 g/mol. The van der Waals surface area contributed by atoms with Crippen LogP contribution in [0.4, 0.5) is 17.6 Å². The lowest BCUT2D eigenvalue weighted by molar-refractivity contribution is 0.0435. The van der Waals surface area contributed by atoms with E-state index in [4.69, 9.17) is 9.57 Å². The lowest BCUT2D eigenvalue weighted by Crippen LogP contribution is -2.52. The summed E-state index contributed by atoms with van der Waals surface area (Å²) in [5.74, 6) is -5.75. The number of oxime groups is 1. The Labute approximate surface area is 243 Å². The second-order valence-corrected chi connectivity index (χ2v) is 10.4. The first-order valence-corrected chi connectivity index (χ1v) is 13.6. The van der Waals surface area contributed by atoms with Crippen molar-refractivity contribution < 1.29 is 36.7 Å². The first-order valence-electron chi connectivity index (χ1n) is 13.6. The molecule has 2 aromatic carbocycles. The Morgan fingerprint density at radius 3 is 2.53 bits per heavy atom. The number of pyridine rings is 1. The van der Waals surface area contributed by atoms with E-state index >= 15 is 4.39 Å². The van der Waals surface area contributed by atoms with Gasteiger partial charge in [0.15, 0.2) is 17.6 Å². The molecule has 1 aromatic heterocycles. The molecule has 0 fully saturated rings. The number of hydrogen-bond acceptors (Lipinski definition) is 6. The molecule has 226 valence electrons. The number of halogens is 4. The van der Waals surface area contributed by atoms with Crippen molar-refractivity contribution in [1.82, 2.24) is 14.8 Å². The van der Waals surface area contributed by atoms with Gasteiger partial charge in [-0.2, -0.15) is 0 Å². The molecule has 2 amide bonds. The van der Waals surface area contributed by atoms with E-state index in [0.717, 1.165) is 6.20 Å². The van der Waals surface area contributed by atoms with Crippen LogP contribution in [0.1, 0.15) is 58.3 Å². The number of amides is 2. The molecule has 0 spiro atoms. The minimum absolute atomic E-state index is 0.0153. The molecule has 0 saturated heterocycles. The Balaban J connectivity index is 1.61. The number of carbonyl (C=O) groups is 2. The fourth-order valence-corrected chi connectivity index (χ4v) is 5.09. The molecule has 9 nitrogen and oxygen atoms in total. The van der Waals surface area contributed by atoms with Crippen LogP contribution in [-0.2, 0) is 18.0 Å². The van der Waals surface area contributed by atoms with E-state index in [1.54, 1.807) is 37.3 Å². The van der Waals surface area contributed by atoms with Gasteiger partial charge >= 0.3 is 0 Å². The number of aromatic nitrogens is 1. The summed E-state index contributed by atoms with van der Waals surface area (Å²) in [6.45, 7) is 2.34. The van der Waals surface area contributed by atoms with Crippen LogP contribution in [0.5, 0.6) is 5.75 Å². The highest BCUT2D eigenvalue weighted by Gasteiger charge is 2.42. The maximum atomic E-state index is 15.9. The zero-order valence-corrected chi connectivity index (χ0v) is 23.3. The van der Waals surface area contributed by atoms with Crippen LogP contribution in [0.2, 0.25) is 0 Å². The summed E-state index contributed by atoms with van der Waals surface area (Å²) >= 11 is 0. The van der Waals surface area contributed by atoms with Gasteiger partial charge in [-0.15, -0.1) is 0 Å². The van der Waals surface area contributed by atoms with E-state index in [9.17, 15) is 27.6 Å². The van der Waals surface area contributed by atoms with Gasteiger partial charge in [-0.05, 0) is 19.4 Å². The summed E-state index contributed by atoms with van der Waals surface area (Å²) in [5, 5.41) is 6.11. The molecule has 43 heavy (non-hydrogen) atoms. The van der Waals surface area contributed by atoms with E-state index in [2.05, 4.69) is 10.5 Å². The molecule has 3 heterocycles. The average molecular weight is 601 g/mol. The lowest BCUT2D eigenvalue weighted by Gasteiger charge is -2.41. The molecule has 2 aliphatic rings. The molecule has 3 aromatic rings. The highest BCUT2D eigenvalue weighted by molar-refractivity contribution is 6.00. The topological polar surface area (TPSA) is 102 Å². The van der Waals surface area contributed by atoms with Gasteiger partial charge in [-0.25, -0.2) is 17.6 Å². The zero-order valence-electron chi connectivity index (χ0n) is 23.3. The Morgan fingerprint density at radius 1 is 1.14 bits per heavy atom. The summed E-state index contributed by atoms with van der Waals surface area (Å²) in [4.78, 5) is 47.5. The zero-order chi connectivity index (χ0) is 30.8. The van der Waals surface area contributed by atoms with E-state index in [1.807, 2.05) is 0 Å². The summed E-state index contributed by atoms with van der Waals surface area (Å²) < 4.78 is 64.8. The quantitative estimate of drug-likeness (QED) is 0.426. The van der Waals surface area contributed by atoms with Gasteiger partial charge in [0, 0.05) is 49.4 Å². The molecule has 13 heteroatoms. The Hall–Kier alpha value is -4.68. The van der Waals surface area contributed by atoms with Gasteiger partial charge in [0.05, 0.1) is 11.8 Å². The molecular formula is C30H28F4N4O5. The highest BCUT2D eigenvalue weighted by Crippen LogP contribution is 2.33. The third kappa shape index (κ3) is 5.97. The van der Waals surface area contributed by atoms with Crippen LogP contribution >= 0.6 is 0 Å². The molecule has 2 bridgehead atoms. The number of nitrogens with one attached hydrogen (secondary N) is 1. The number of hydrogen-bond donors (Lipinski definition) is 1. The van der Waals surface area contributed by atoms with Gasteiger partial charge < -0.3 is 24.4 Å². The Bertz CT molecular complexity index is 1620. The molecule has 2 aliphatic heterocycles. The third-order valence-electron chi connectivity index (χ3n) is 7.50. The summed E-state index contributed by atoms with van der Waals surface area (Å²) in [6, 6.07) is 8.12. The standard InChI is InChI=1S/C30H28F4N4O5/c1-16-8-9-43-36-17(2)25(34)24-14-37(16)30(41)26-28(42-15-18-6-4-3-5-7-18)27(39)21(13-38(24)26)29(40)35-12-20-22(32)10-19(31)11-23(20)33/h3-7,10-11,13,16,24-25H,8-9,12,14-15H2,1-2H3,(H,35,40)/b36-17-/t16-,24+,25-/m0/s1. The number of carbonyl (C=O) groups excluding carboxylic acids is 2. The van der Waals surface area contributed by atoms with Crippen molar-refractivity contribution >= 4 is 17.5 Å². The Morgan fingerprint density at radius 2 is 1.84 bits per heavy atom. The molecule has 0 radical (unpaired) electrons. The van der Waals surface area contributed by atoms with Crippen LogP contribution < -0.4 is 15.5 Å². The third-order valence-corrected chi connectivity index (χ3v) is 7.50. The predicted molar refractivity (Wildman–Crippen MR) is 147 cm³/mol. The van der Waals surface area contributed by atoms with Crippen LogP contribution in [0, 0.1) is 17.5 Å². The average Bonchev–Trinajstić information content (AvgIpc) is 2.97. The van der Waals surface area contributed by atoms with E-state index in [-0.39, 0.29) is 31.2 Å². The minimum Gasteiger partial charge on any atom is -0.483 e. The summed E-state index contributed by atoms with van der Waals surface area (Å²) in [7, 11) is 0. The van der Waals surface area contributed by atoms with E-state index < -0.39 is 76.4 Å². The lowest BCUT2D eigenvalue weighted by atomic mass is 9.99. The first-order chi connectivity index (χ1) is 20.6. The van der Waals surface area contributed by atoms with Crippen molar-refractivity contribution in [2.75, 3.05) is 13.2 Å².